The van der Waals surface area contributed by atoms with Crippen molar-refractivity contribution in [3.05, 3.63) is 23.8 Å². The highest BCUT2D eigenvalue weighted by molar-refractivity contribution is 5.85. The van der Waals surface area contributed by atoms with Gasteiger partial charge in [-0.2, -0.15) is 0 Å². The molecule has 0 aromatic heterocycles. The van der Waals surface area contributed by atoms with E-state index in [1.165, 1.54) is 12.0 Å². The second kappa shape index (κ2) is 10.4. The first kappa shape index (κ1) is 18.6. The van der Waals surface area contributed by atoms with Crippen molar-refractivity contribution in [1.82, 2.24) is 5.32 Å². The largest absolute Gasteiger partial charge is 0.493 e. The van der Waals surface area contributed by atoms with Crippen LogP contribution in [0.4, 0.5) is 0 Å². The van der Waals surface area contributed by atoms with E-state index in [-0.39, 0.29) is 19.0 Å². The summed E-state index contributed by atoms with van der Waals surface area (Å²) in [7, 11) is 1.63. The summed E-state index contributed by atoms with van der Waals surface area (Å²) < 4.78 is 10.7. The summed E-state index contributed by atoms with van der Waals surface area (Å²) in [5, 5.41) is 3.42. The molecule has 1 rings (SSSR count). The van der Waals surface area contributed by atoms with Gasteiger partial charge in [0.15, 0.2) is 11.5 Å². The van der Waals surface area contributed by atoms with E-state index in [4.69, 9.17) is 15.9 Å². The van der Waals surface area contributed by atoms with Crippen molar-refractivity contribution >= 4 is 12.4 Å². The fourth-order valence-corrected chi connectivity index (χ4v) is 1.68. The molecule has 0 aliphatic heterocycles. The van der Waals surface area contributed by atoms with Crippen LogP contribution >= 0.6 is 12.4 Å². The highest BCUT2D eigenvalue weighted by atomic mass is 35.5. The van der Waals surface area contributed by atoms with E-state index < -0.39 is 0 Å². The number of halogens is 1. The minimum atomic E-state index is 0. The zero-order valence-electron chi connectivity index (χ0n) is 12.4. The normalized spacial score (nSPS) is 9.75. The lowest BCUT2D eigenvalue weighted by Gasteiger charge is -2.11. The molecule has 0 aliphatic rings. The van der Waals surface area contributed by atoms with Crippen LogP contribution in [0.3, 0.4) is 0 Å². The molecule has 0 bridgehead atoms. The van der Waals surface area contributed by atoms with Gasteiger partial charge in [-0.3, -0.25) is 0 Å². The second-order valence-electron chi connectivity index (χ2n) is 4.84. The molecule has 0 atom stereocenters. The van der Waals surface area contributed by atoms with Gasteiger partial charge in [0.25, 0.3) is 0 Å². The van der Waals surface area contributed by atoms with E-state index >= 15 is 0 Å². The monoisotopic (exact) mass is 297 g/mol. The van der Waals surface area contributed by atoms with E-state index in [9.17, 15) is 0 Å². The van der Waals surface area contributed by atoms with Gasteiger partial charge in [0.1, 0.15) is 6.61 Å². The Morgan fingerprint density at radius 1 is 1.30 bits per heavy atom. The Balaban J connectivity index is 0.00000361. The number of hydrogen-bond acceptors (Lipinski definition) is 3. The van der Waals surface area contributed by atoms with Crippen LogP contribution in [0, 0.1) is 18.3 Å². The summed E-state index contributed by atoms with van der Waals surface area (Å²) >= 11 is 0. The summed E-state index contributed by atoms with van der Waals surface area (Å²) in [5.41, 5.74) is 1.17. The van der Waals surface area contributed by atoms with Crippen molar-refractivity contribution in [2.24, 2.45) is 5.92 Å². The van der Waals surface area contributed by atoms with Gasteiger partial charge >= 0.3 is 0 Å². The second-order valence-corrected chi connectivity index (χ2v) is 4.84. The molecular weight excluding hydrogens is 274 g/mol. The molecule has 0 aliphatic carbocycles. The number of methoxy groups -OCH3 is 1. The average Bonchev–Trinajstić information content (AvgIpc) is 2.41. The van der Waals surface area contributed by atoms with Crippen LogP contribution in [-0.4, -0.2) is 20.3 Å². The number of rotatable bonds is 8. The highest BCUT2D eigenvalue weighted by Gasteiger charge is 2.05. The molecule has 20 heavy (non-hydrogen) atoms. The molecule has 4 heteroatoms. The summed E-state index contributed by atoms with van der Waals surface area (Å²) in [6.07, 6.45) is 6.36. The Hall–Kier alpha value is -1.37. The van der Waals surface area contributed by atoms with E-state index in [2.05, 4.69) is 25.1 Å². The molecule has 0 unspecified atom stereocenters. The van der Waals surface area contributed by atoms with E-state index in [0.717, 1.165) is 24.8 Å². The van der Waals surface area contributed by atoms with Crippen molar-refractivity contribution in [2.45, 2.75) is 26.8 Å². The third-order valence-electron chi connectivity index (χ3n) is 2.77. The van der Waals surface area contributed by atoms with Gasteiger partial charge in [-0.05, 0) is 36.6 Å². The first-order chi connectivity index (χ1) is 9.17. The van der Waals surface area contributed by atoms with Gasteiger partial charge in [-0.25, -0.2) is 0 Å². The molecule has 0 saturated carbocycles. The summed E-state index contributed by atoms with van der Waals surface area (Å²) in [5.74, 6) is 4.58. The lowest BCUT2D eigenvalue weighted by atomic mass is 10.1. The molecule has 0 fully saturated rings. The molecule has 1 aromatic carbocycles. The van der Waals surface area contributed by atoms with Gasteiger partial charge in [-0.1, -0.05) is 25.8 Å². The zero-order valence-corrected chi connectivity index (χ0v) is 13.3. The van der Waals surface area contributed by atoms with Crippen molar-refractivity contribution < 1.29 is 9.47 Å². The number of hydrogen-bond donors (Lipinski definition) is 1. The average molecular weight is 298 g/mol. The van der Waals surface area contributed by atoms with Crippen LogP contribution in [0.15, 0.2) is 18.2 Å². The molecule has 112 valence electrons. The van der Waals surface area contributed by atoms with Gasteiger partial charge in [-0.15, -0.1) is 18.8 Å². The molecule has 3 nitrogen and oxygen atoms in total. The molecule has 0 radical (unpaired) electrons. The Kier molecular flexibility index (Phi) is 9.71. The molecule has 0 amide bonds. The topological polar surface area (TPSA) is 30.5 Å². The molecular formula is C16H24ClNO2. The van der Waals surface area contributed by atoms with Crippen molar-refractivity contribution in [1.29, 1.82) is 0 Å². The Morgan fingerprint density at radius 3 is 2.65 bits per heavy atom. The fourth-order valence-electron chi connectivity index (χ4n) is 1.68. The summed E-state index contributed by atoms with van der Waals surface area (Å²) in [6, 6.07) is 5.90. The van der Waals surface area contributed by atoms with Gasteiger partial charge in [0.05, 0.1) is 7.11 Å². The molecule has 1 N–H and O–H groups in total. The van der Waals surface area contributed by atoms with Crippen molar-refractivity contribution in [3.63, 3.8) is 0 Å². The Bertz CT molecular complexity index is 427. The van der Waals surface area contributed by atoms with Crippen molar-refractivity contribution in [2.75, 3.05) is 20.3 Å². The molecule has 0 spiro atoms. The predicted molar refractivity (Wildman–Crippen MR) is 85.7 cm³/mol. The van der Waals surface area contributed by atoms with Crippen LogP contribution in [0.2, 0.25) is 0 Å². The minimum Gasteiger partial charge on any atom is -0.493 e. The lowest BCUT2D eigenvalue weighted by molar-refractivity contribution is 0.330. The van der Waals surface area contributed by atoms with Crippen LogP contribution < -0.4 is 14.8 Å². The molecule has 0 saturated heterocycles. The summed E-state index contributed by atoms with van der Waals surface area (Å²) in [4.78, 5) is 0. The van der Waals surface area contributed by atoms with E-state index in [1.807, 2.05) is 18.2 Å². The molecule has 1 aromatic rings. The van der Waals surface area contributed by atoms with Gasteiger partial charge in [0.2, 0.25) is 0 Å². The summed E-state index contributed by atoms with van der Waals surface area (Å²) in [6.45, 7) is 6.56. The van der Waals surface area contributed by atoms with Crippen LogP contribution in [-0.2, 0) is 6.54 Å². The smallest absolute Gasteiger partial charge is 0.162 e. The highest BCUT2D eigenvalue weighted by Crippen LogP contribution is 2.27. The number of nitrogens with one attached hydrogen (secondary N) is 1. The Morgan fingerprint density at radius 2 is 2.05 bits per heavy atom. The third kappa shape index (κ3) is 6.70. The van der Waals surface area contributed by atoms with Crippen LogP contribution in [0.25, 0.3) is 0 Å². The van der Waals surface area contributed by atoms with Crippen LogP contribution in [0.5, 0.6) is 11.5 Å². The SMILES string of the molecule is C#CCOc1ccc(CNCCC(C)C)cc1OC.Cl. The van der Waals surface area contributed by atoms with E-state index in [1.54, 1.807) is 7.11 Å². The fraction of sp³-hybridized carbons (Fsp3) is 0.500. The first-order valence-corrected chi connectivity index (χ1v) is 6.61. The standard InChI is InChI=1S/C16H23NO2.ClH/c1-5-10-19-15-7-6-14(11-16(15)18-4)12-17-9-8-13(2)3;/h1,6-7,11,13,17H,8-10,12H2,2-4H3;1H. The van der Waals surface area contributed by atoms with Crippen LogP contribution in [0.1, 0.15) is 25.8 Å². The predicted octanol–water partition coefficient (Wildman–Crippen LogP) is 3.26. The quantitative estimate of drug-likeness (QED) is 0.590. The van der Waals surface area contributed by atoms with E-state index in [0.29, 0.717) is 5.75 Å². The minimum absolute atomic E-state index is 0. The number of benzene rings is 1. The first-order valence-electron chi connectivity index (χ1n) is 6.61. The Labute approximate surface area is 128 Å². The lowest BCUT2D eigenvalue weighted by Crippen LogP contribution is -2.16. The van der Waals surface area contributed by atoms with Crippen molar-refractivity contribution in [3.8, 4) is 23.8 Å². The maximum absolute atomic E-state index is 5.41. The maximum Gasteiger partial charge on any atom is 0.162 e. The zero-order chi connectivity index (χ0) is 14.1. The molecule has 0 heterocycles. The third-order valence-corrected chi connectivity index (χ3v) is 2.77. The van der Waals surface area contributed by atoms with Gasteiger partial charge in [0, 0.05) is 6.54 Å². The number of terminal acetylenes is 1. The number of ether oxygens (including phenoxy) is 2. The van der Waals surface area contributed by atoms with Gasteiger partial charge < -0.3 is 14.8 Å². The maximum atomic E-state index is 5.41.